The van der Waals surface area contributed by atoms with Crippen LogP contribution in [0.2, 0.25) is 0 Å². The average Bonchev–Trinajstić information content (AvgIpc) is 2.87. The van der Waals surface area contributed by atoms with E-state index < -0.39 is 11.7 Å². The smallest absolute Gasteiger partial charge is 0.410 e. The Labute approximate surface area is 150 Å². The van der Waals surface area contributed by atoms with E-state index in [1.54, 1.807) is 4.90 Å². The van der Waals surface area contributed by atoms with Crippen LogP contribution in [0, 0.1) is 12.8 Å². The molecule has 0 unspecified atom stereocenters. The van der Waals surface area contributed by atoms with Crippen LogP contribution >= 0.6 is 11.3 Å². The molecule has 1 heterocycles. The van der Waals surface area contributed by atoms with Crippen molar-refractivity contribution in [1.82, 2.24) is 9.88 Å². The van der Waals surface area contributed by atoms with Gasteiger partial charge in [0.1, 0.15) is 16.7 Å². The number of aromatic nitrogens is 1. The van der Waals surface area contributed by atoms with Crippen LogP contribution in [0.15, 0.2) is 5.38 Å². The van der Waals surface area contributed by atoms with Gasteiger partial charge in [-0.05, 0) is 40.0 Å². The predicted octanol–water partition coefficient (Wildman–Crippen LogP) is 4.55. The van der Waals surface area contributed by atoms with E-state index in [0.29, 0.717) is 18.0 Å². The molecule has 0 aliphatic carbocycles. The molecule has 0 fully saturated rings. The van der Waals surface area contributed by atoms with Gasteiger partial charge in [-0.25, -0.2) is 9.78 Å². The number of hydrogen-bond donors (Lipinski definition) is 1. The lowest BCUT2D eigenvalue weighted by atomic mass is 9.96. The van der Waals surface area contributed by atoms with Crippen molar-refractivity contribution in [3.8, 4) is 0 Å². The highest BCUT2D eigenvalue weighted by Gasteiger charge is 2.32. The largest absolute Gasteiger partial charge is 0.444 e. The summed E-state index contributed by atoms with van der Waals surface area (Å²) in [6, 6.07) is -0.0981. The average molecular weight is 357 g/mol. The van der Waals surface area contributed by atoms with Crippen molar-refractivity contribution in [2.75, 3.05) is 6.54 Å². The number of aryl methyl sites for hydroxylation is 1. The topological polar surface area (TPSA) is 62.7 Å². The summed E-state index contributed by atoms with van der Waals surface area (Å²) >= 11 is 1.46. The summed E-state index contributed by atoms with van der Waals surface area (Å²) in [5, 5.41) is 13.2. The first kappa shape index (κ1) is 20.9. The number of rotatable bonds is 7. The van der Waals surface area contributed by atoms with Crippen molar-refractivity contribution in [1.29, 1.82) is 0 Å². The first-order valence-corrected chi connectivity index (χ1v) is 9.52. The van der Waals surface area contributed by atoms with Gasteiger partial charge in [0.25, 0.3) is 0 Å². The molecular formula is C18H32N2O3S. The number of aliphatic hydroxyl groups excluding tert-OH is 1. The molecule has 5 nitrogen and oxygen atoms in total. The lowest BCUT2D eigenvalue weighted by Gasteiger charge is -2.36. The molecule has 0 spiro atoms. The van der Waals surface area contributed by atoms with Gasteiger partial charge in [-0.15, -0.1) is 11.3 Å². The molecule has 138 valence electrons. The number of amides is 1. The van der Waals surface area contributed by atoms with E-state index in [0.717, 1.165) is 12.1 Å². The number of carbonyl (C=O) groups is 1. The van der Waals surface area contributed by atoms with Crippen LogP contribution < -0.4 is 0 Å². The Hall–Kier alpha value is -1.14. The molecule has 24 heavy (non-hydrogen) atoms. The molecule has 0 saturated heterocycles. The van der Waals surface area contributed by atoms with E-state index in [9.17, 15) is 9.90 Å². The lowest BCUT2D eigenvalue weighted by molar-refractivity contribution is 0.00304. The van der Waals surface area contributed by atoms with Crippen LogP contribution in [0.25, 0.3) is 0 Å². The summed E-state index contributed by atoms with van der Waals surface area (Å²) < 4.78 is 5.57. The molecule has 1 aromatic heterocycles. The number of nitrogens with zero attached hydrogens (tertiary/aromatic N) is 2. The minimum absolute atomic E-state index is 0.0981. The molecule has 0 aliphatic heterocycles. The maximum atomic E-state index is 12.6. The fourth-order valence-electron chi connectivity index (χ4n) is 2.57. The Morgan fingerprint density at radius 1 is 1.42 bits per heavy atom. The Morgan fingerprint density at radius 2 is 2.04 bits per heavy atom. The van der Waals surface area contributed by atoms with Crippen molar-refractivity contribution >= 4 is 17.4 Å². The molecule has 2 atom stereocenters. The third-order valence-electron chi connectivity index (χ3n) is 3.65. The van der Waals surface area contributed by atoms with Gasteiger partial charge in [-0.3, -0.25) is 0 Å². The minimum atomic E-state index is -0.669. The van der Waals surface area contributed by atoms with Crippen molar-refractivity contribution in [2.45, 2.75) is 79.1 Å². The monoisotopic (exact) mass is 356 g/mol. The maximum absolute atomic E-state index is 12.6. The van der Waals surface area contributed by atoms with Gasteiger partial charge in [0.2, 0.25) is 0 Å². The van der Waals surface area contributed by atoms with Gasteiger partial charge in [-0.2, -0.15) is 0 Å². The number of thiazole rings is 1. The number of carbonyl (C=O) groups excluding carboxylic acids is 1. The second-order valence-electron chi connectivity index (χ2n) is 7.56. The summed E-state index contributed by atoms with van der Waals surface area (Å²) in [6.07, 6.45) is 0.321. The van der Waals surface area contributed by atoms with E-state index in [1.165, 1.54) is 11.3 Å². The molecule has 1 amide bonds. The Bertz CT molecular complexity index is 523. The number of hydrogen-bond acceptors (Lipinski definition) is 5. The minimum Gasteiger partial charge on any atom is -0.444 e. The SMILES string of the molecule is CCCN(C(=O)OC(C)(C)C)[C@@H](C[C@@H](O)c1nc(C)cs1)C(C)C. The van der Waals surface area contributed by atoms with E-state index in [4.69, 9.17) is 4.74 Å². The van der Waals surface area contributed by atoms with Gasteiger partial charge in [0.15, 0.2) is 0 Å². The molecule has 1 aromatic rings. The fraction of sp³-hybridized carbons (Fsp3) is 0.778. The third-order valence-corrected chi connectivity index (χ3v) is 4.71. The molecule has 0 aliphatic rings. The zero-order chi connectivity index (χ0) is 18.5. The predicted molar refractivity (Wildman–Crippen MR) is 98.3 cm³/mol. The van der Waals surface area contributed by atoms with Crippen LogP contribution in [-0.2, 0) is 4.74 Å². The molecular weight excluding hydrogens is 324 g/mol. The van der Waals surface area contributed by atoms with E-state index in [-0.39, 0.29) is 18.1 Å². The first-order valence-electron chi connectivity index (χ1n) is 8.64. The summed E-state index contributed by atoms with van der Waals surface area (Å²) in [4.78, 5) is 18.8. The van der Waals surface area contributed by atoms with Gasteiger partial charge in [-0.1, -0.05) is 20.8 Å². The zero-order valence-electron chi connectivity index (χ0n) is 16.0. The van der Waals surface area contributed by atoms with Crippen LogP contribution in [0.5, 0.6) is 0 Å². The van der Waals surface area contributed by atoms with Crippen molar-refractivity contribution < 1.29 is 14.6 Å². The van der Waals surface area contributed by atoms with Gasteiger partial charge < -0.3 is 14.7 Å². The van der Waals surface area contributed by atoms with Crippen LogP contribution in [0.1, 0.15) is 71.2 Å². The fourth-order valence-corrected chi connectivity index (χ4v) is 3.36. The van der Waals surface area contributed by atoms with Crippen molar-refractivity contribution in [3.63, 3.8) is 0 Å². The standard InChI is InChI=1S/C18H32N2O3S/c1-8-9-20(17(22)23-18(5,6)7)14(12(2)3)10-15(21)16-19-13(4)11-24-16/h11-12,14-15,21H,8-10H2,1-7H3/t14-,15+/m0/s1. The number of aliphatic hydroxyl groups is 1. The van der Waals surface area contributed by atoms with Gasteiger partial charge in [0, 0.05) is 30.1 Å². The molecule has 0 saturated carbocycles. The quantitative estimate of drug-likeness (QED) is 0.778. The Morgan fingerprint density at radius 3 is 2.46 bits per heavy atom. The molecule has 1 N–H and O–H groups in total. The Balaban J connectivity index is 2.93. The molecule has 6 heteroatoms. The van der Waals surface area contributed by atoms with Crippen LogP contribution in [-0.4, -0.2) is 39.3 Å². The van der Waals surface area contributed by atoms with E-state index in [1.807, 2.05) is 40.0 Å². The summed E-state index contributed by atoms with van der Waals surface area (Å²) in [6.45, 7) is 14.3. The highest BCUT2D eigenvalue weighted by molar-refractivity contribution is 7.09. The summed E-state index contributed by atoms with van der Waals surface area (Å²) in [5.41, 5.74) is 0.378. The number of ether oxygens (including phenoxy) is 1. The normalized spacial score (nSPS) is 14.5. The van der Waals surface area contributed by atoms with Gasteiger partial charge in [0.05, 0.1) is 0 Å². The second kappa shape index (κ2) is 8.81. The zero-order valence-corrected chi connectivity index (χ0v) is 16.8. The third kappa shape index (κ3) is 6.40. The maximum Gasteiger partial charge on any atom is 0.410 e. The van der Waals surface area contributed by atoms with Crippen LogP contribution in [0.3, 0.4) is 0 Å². The van der Waals surface area contributed by atoms with Gasteiger partial charge >= 0.3 is 6.09 Å². The molecule has 0 radical (unpaired) electrons. The Kier molecular flexibility index (Phi) is 7.67. The molecule has 0 bridgehead atoms. The van der Waals surface area contributed by atoms with E-state index >= 15 is 0 Å². The molecule has 0 aromatic carbocycles. The second-order valence-corrected chi connectivity index (χ2v) is 8.45. The van der Waals surface area contributed by atoms with Crippen molar-refractivity contribution in [2.24, 2.45) is 5.92 Å². The van der Waals surface area contributed by atoms with Crippen molar-refractivity contribution in [3.05, 3.63) is 16.1 Å². The molecule has 1 rings (SSSR count). The lowest BCUT2D eigenvalue weighted by Crippen LogP contribution is -2.46. The van der Waals surface area contributed by atoms with E-state index in [2.05, 4.69) is 18.8 Å². The highest BCUT2D eigenvalue weighted by atomic mass is 32.1. The summed E-state index contributed by atoms with van der Waals surface area (Å²) in [5.74, 6) is 0.208. The summed E-state index contributed by atoms with van der Waals surface area (Å²) in [7, 11) is 0. The van der Waals surface area contributed by atoms with Crippen LogP contribution in [0.4, 0.5) is 4.79 Å². The highest BCUT2D eigenvalue weighted by Crippen LogP contribution is 2.28. The first-order chi connectivity index (χ1) is 11.0.